The van der Waals surface area contributed by atoms with Gasteiger partial charge in [0.05, 0.1) is 0 Å². The first-order chi connectivity index (χ1) is 6.16. The average molecular weight is 184 g/mol. The SMILES string of the molecule is CCNC(=O)N1C(C)CCCC1C. The molecule has 0 bridgehead atoms. The maximum absolute atomic E-state index is 11.6. The van der Waals surface area contributed by atoms with Crippen molar-refractivity contribution in [1.82, 2.24) is 10.2 Å². The lowest BCUT2D eigenvalue weighted by molar-refractivity contribution is 0.123. The molecule has 0 aromatic heterocycles. The Balaban J connectivity index is 2.57. The van der Waals surface area contributed by atoms with Gasteiger partial charge in [-0.1, -0.05) is 0 Å². The third-order valence-corrected chi connectivity index (χ3v) is 2.76. The zero-order valence-electron chi connectivity index (χ0n) is 8.84. The summed E-state index contributed by atoms with van der Waals surface area (Å²) in [5.41, 5.74) is 0. The van der Waals surface area contributed by atoms with Gasteiger partial charge in [-0.25, -0.2) is 4.79 Å². The van der Waals surface area contributed by atoms with Crippen LogP contribution in [0.1, 0.15) is 40.0 Å². The molecule has 2 atom stereocenters. The van der Waals surface area contributed by atoms with Crippen LogP contribution in [0.15, 0.2) is 0 Å². The van der Waals surface area contributed by atoms with Crippen molar-refractivity contribution in [2.45, 2.75) is 52.1 Å². The summed E-state index contributed by atoms with van der Waals surface area (Å²) in [5, 5.41) is 2.86. The predicted molar refractivity (Wildman–Crippen MR) is 53.7 cm³/mol. The highest BCUT2D eigenvalue weighted by Crippen LogP contribution is 2.22. The van der Waals surface area contributed by atoms with Crippen LogP contribution in [-0.4, -0.2) is 29.6 Å². The summed E-state index contributed by atoms with van der Waals surface area (Å²) < 4.78 is 0. The number of amides is 2. The number of rotatable bonds is 1. The molecule has 3 heteroatoms. The molecular weight excluding hydrogens is 164 g/mol. The van der Waals surface area contributed by atoms with Gasteiger partial charge in [0.15, 0.2) is 0 Å². The van der Waals surface area contributed by atoms with Crippen molar-refractivity contribution in [3.05, 3.63) is 0 Å². The number of piperidine rings is 1. The second-order valence-corrected chi connectivity index (χ2v) is 3.87. The lowest BCUT2D eigenvalue weighted by Crippen LogP contribution is -2.51. The maximum Gasteiger partial charge on any atom is 0.317 e. The highest BCUT2D eigenvalue weighted by Gasteiger charge is 2.28. The number of nitrogens with one attached hydrogen (secondary N) is 1. The van der Waals surface area contributed by atoms with Crippen LogP contribution < -0.4 is 5.32 Å². The van der Waals surface area contributed by atoms with Crippen LogP contribution in [0.2, 0.25) is 0 Å². The van der Waals surface area contributed by atoms with Gasteiger partial charge in [0.1, 0.15) is 0 Å². The van der Waals surface area contributed by atoms with E-state index in [0.29, 0.717) is 12.1 Å². The zero-order valence-corrected chi connectivity index (χ0v) is 8.84. The van der Waals surface area contributed by atoms with Crippen LogP contribution >= 0.6 is 0 Å². The van der Waals surface area contributed by atoms with Gasteiger partial charge in [0, 0.05) is 18.6 Å². The summed E-state index contributed by atoms with van der Waals surface area (Å²) in [6, 6.07) is 0.896. The van der Waals surface area contributed by atoms with E-state index >= 15 is 0 Å². The van der Waals surface area contributed by atoms with Gasteiger partial charge in [-0.05, 0) is 40.0 Å². The first-order valence-electron chi connectivity index (χ1n) is 5.23. The number of hydrogen-bond acceptors (Lipinski definition) is 1. The van der Waals surface area contributed by atoms with Gasteiger partial charge >= 0.3 is 6.03 Å². The number of likely N-dealkylation sites (tertiary alicyclic amines) is 1. The number of carbonyl (C=O) groups is 1. The molecule has 0 aromatic carbocycles. The van der Waals surface area contributed by atoms with Crippen LogP contribution in [0.4, 0.5) is 4.79 Å². The lowest BCUT2D eigenvalue weighted by atomic mass is 9.98. The minimum Gasteiger partial charge on any atom is -0.338 e. The Morgan fingerprint density at radius 3 is 2.38 bits per heavy atom. The summed E-state index contributed by atoms with van der Waals surface area (Å²) in [5.74, 6) is 0. The molecule has 1 heterocycles. The summed E-state index contributed by atoms with van der Waals surface area (Å²) >= 11 is 0. The second kappa shape index (κ2) is 4.49. The van der Waals surface area contributed by atoms with Crippen LogP contribution in [0, 0.1) is 0 Å². The Morgan fingerprint density at radius 1 is 1.38 bits per heavy atom. The van der Waals surface area contributed by atoms with E-state index < -0.39 is 0 Å². The standard InChI is InChI=1S/C10H20N2O/c1-4-11-10(13)12-8(2)6-5-7-9(12)3/h8-9H,4-7H2,1-3H3,(H,11,13). The summed E-state index contributed by atoms with van der Waals surface area (Å²) in [6.45, 7) is 6.93. The van der Waals surface area contributed by atoms with Gasteiger partial charge in [-0.2, -0.15) is 0 Å². The van der Waals surface area contributed by atoms with Gasteiger partial charge in [0.2, 0.25) is 0 Å². The van der Waals surface area contributed by atoms with Crippen molar-refractivity contribution in [2.24, 2.45) is 0 Å². The van der Waals surface area contributed by atoms with Crippen molar-refractivity contribution >= 4 is 6.03 Å². The summed E-state index contributed by atoms with van der Waals surface area (Å²) in [7, 11) is 0. The fourth-order valence-corrected chi connectivity index (χ4v) is 2.06. The largest absolute Gasteiger partial charge is 0.338 e. The lowest BCUT2D eigenvalue weighted by Gasteiger charge is -2.38. The molecule has 2 amide bonds. The highest BCUT2D eigenvalue weighted by molar-refractivity contribution is 5.74. The molecule has 0 radical (unpaired) electrons. The van der Waals surface area contributed by atoms with E-state index in [-0.39, 0.29) is 6.03 Å². The molecule has 1 fully saturated rings. The van der Waals surface area contributed by atoms with Gasteiger partial charge in [-0.3, -0.25) is 0 Å². The van der Waals surface area contributed by atoms with Gasteiger partial charge in [-0.15, -0.1) is 0 Å². The maximum atomic E-state index is 11.6. The zero-order chi connectivity index (χ0) is 9.84. The smallest absolute Gasteiger partial charge is 0.317 e. The number of urea groups is 1. The highest BCUT2D eigenvalue weighted by atomic mass is 16.2. The summed E-state index contributed by atoms with van der Waals surface area (Å²) in [6.07, 6.45) is 3.53. The van der Waals surface area contributed by atoms with Crippen LogP contribution in [-0.2, 0) is 0 Å². The van der Waals surface area contributed by atoms with Crippen molar-refractivity contribution in [3.8, 4) is 0 Å². The van der Waals surface area contributed by atoms with Gasteiger partial charge < -0.3 is 10.2 Å². The molecule has 0 saturated carbocycles. The molecule has 1 aliphatic rings. The van der Waals surface area contributed by atoms with E-state index in [4.69, 9.17) is 0 Å². The molecule has 1 saturated heterocycles. The number of hydrogen-bond donors (Lipinski definition) is 1. The van der Waals surface area contributed by atoms with Crippen LogP contribution in [0.25, 0.3) is 0 Å². The Hall–Kier alpha value is -0.730. The molecule has 1 N–H and O–H groups in total. The minimum absolute atomic E-state index is 0.0993. The Kier molecular flexibility index (Phi) is 3.58. The van der Waals surface area contributed by atoms with E-state index in [1.165, 1.54) is 6.42 Å². The minimum atomic E-state index is 0.0993. The van der Waals surface area contributed by atoms with E-state index in [2.05, 4.69) is 19.2 Å². The molecule has 1 rings (SSSR count). The van der Waals surface area contributed by atoms with E-state index in [0.717, 1.165) is 19.4 Å². The van der Waals surface area contributed by atoms with Crippen molar-refractivity contribution in [3.63, 3.8) is 0 Å². The van der Waals surface area contributed by atoms with Crippen LogP contribution in [0.3, 0.4) is 0 Å². The first kappa shape index (κ1) is 10.4. The average Bonchev–Trinajstić information content (AvgIpc) is 2.04. The third kappa shape index (κ3) is 2.36. The van der Waals surface area contributed by atoms with E-state index in [1.807, 2.05) is 11.8 Å². The number of nitrogens with zero attached hydrogens (tertiary/aromatic N) is 1. The Labute approximate surface area is 80.5 Å². The molecule has 13 heavy (non-hydrogen) atoms. The van der Waals surface area contributed by atoms with E-state index in [9.17, 15) is 4.79 Å². The first-order valence-corrected chi connectivity index (χ1v) is 5.23. The van der Waals surface area contributed by atoms with Gasteiger partial charge in [0.25, 0.3) is 0 Å². The normalized spacial score (nSPS) is 28.7. The predicted octanol–water partition coefficient (Wildman–Crippen LogP) is 1.98. The van der Waals surface area contributed by atoms with E-state index in [1.54, 1.807) is 0 Å². The van der Waals surface area contributed by atoms with Crippen LogP contribution in [0.5, 0.6) is 0 Å². The number of carbonyl (C=O) groups excluding carboxylic acids is 1. The molecule has 76 valence electrons. The Morgan fingerprint density at radius 2 is 1.92 bits per heavy atom. The molecular formula is C10H20N2O. The Bertz CT molecular complexity index is 172. The molecule has 3 nitrogen and oxygen atoms in total. The topological polar surface area (TPSA) is 32.3 Å². The quantitative estimate of drug-likeness (QED) is 0.664. The fraction of sp³-hybridized carbons (Fsp3) is 0.900. The monoisotopic (exact) mass is 184 g/mol. The van der Waals surface area contributed by atoms with Crippen molar-refractivity contribution in [2.75, 3.05) is 6.54 Å². The third-order valence-electron chi connectivity index (χ3n) is 2.76. The van der Waals surface area contributed by atoms with Crippen molar-refractivity contribution < 1.29 is 4.79 Å². The molecule has 0 aliphatic carbocycles. The molecule has 0 aromatic rings. The molecule has 2 unspecified atom stereocenters. The summed E-state index contributed by atoms with van der Waals surface area (Å²) in [4.78, 5) is 13.6. The molecule has 1 aliphatic heterocycles. The fourth-order valence-electron chi connectivity index (χ4n) is 2.06. The molecule has 0 spiro atoms. The second-order valence-electron chi connectivity index (χ2n) is 3.87. The van der Waals surface area contributed by atoms with Crippen molar-refractivity contribution in [1.29, 1.82) is 0 Å².